The molecule has 14 heavy (non-hydrogen) atoms. The van der Waals surface area contributed by atoms with Gasteiger partial charge in [-0.05, 0) is 19.8 Å². The van der Waals surface area contributed by atoms with Crippen molar-refractivity contribution in [2.75, 3.05) is 6.61 Å². The smallest absolute Gasteiger partial charge is 0.404 e. The van der Waals surface area contributed by atoms with Crippen molar-refractivity contribution in [2.45, 2.75) is 19.8 Å². The van der Waals surface area contributed by atoms with E-state index in [1.54, 1.807) is 6.92 Å². The fourth-order valence-electron chi connectivity index (χ4n) is 0.640. The lowest BCUT2D eigenvalue weighted by molar-refractivity contribution is -0.139. The molecule has 0 aromatic rings. The Hall–Kier alpha value is -1.52. The number of hydrogen-bond acceptors (Lipinski definition) is 4. The summed E-state index contributed by atoms with van der Waals surface area (Å²) in [5, 5.41) is 0. The van der Waals surface area contributed by atoms with Gasteiger partial charge in [-0.25, -0.2) is 4.79 Å². The number of hydrogen-bond donors (Lipinski definition) is 1. The minimum absolute atomic E-state index is 0.125. The van der Waals surface area contributed by atoms with Crippen molar-refractivity contribution in [2.24, 2.45) is 11.7 Å². The van der Waals surface area contributed by atoms with E-state index >= 15 is 0 Å². The van der Waals surface area contributed by atoms with Crippen molar-refractivity contribution < 1.29 is 19.1 Å². The van der Waals surface area contributed by atoms with Crippen molar-refractivity contribution in [1.82, 2.24) is 0 Å². The first-order chi connectivity index (χ1) is 6.61. The van der Waals surface area contributed by atoms with Crippen LogP contribution in [0, 0.1) is 5.92 Å². The zero-order chi connectivity index (χ0) is 11.0. The predicted molar refractivity (Wildman–Crippen MR) is 50.2 cm³/mol. The van der Waals surface area contributed by atoms with Crippen LogP contribution < -0.4 is 5.73 Å². The van der Waals surface area contributed by atoms with Gasteiger partial charge < -0.3 is 15.2 Å². The van der Waals surface area contributed by atoms with Crippen LogP contribution in [0.25, 0.3) is 0 Å². The molecule has 5 nitrogen and oxygen atoms in total. The molecule has 0 atom stereocenters. The summed E-state index contributed by atoms with van der Waals surface area (Å²) in [5.74, 6) is 0.0630. The molecule has 0 saturated heterocycles. The third-order valence-corrected chi connectivity index (χ3v) is 1.40. The highest BCUT2D eigenvalue weighted by molar-refractivity contribution is 5.75. The Morgan fingerprint density at radius 3 is 2.36 bits per heavy atom. The summed E-state index contributed by atoms with van der Waals surface area (Å²) < 4.78 is 8.67. The number of ether oxygens (including phenoxy) is 2. The van der Waals surface area contributed by atoms with Gasteiger partial charge in [0.1, 0.15) is 0 Å². The predicted octanol–water partition coefficient (Wildman–Crippen LogP) is 1.18. The highest BCUT2D eigenvalue weighted by Gasteiger charge is 2.30. The number of primary amides is 1. The van der Waals surface area contributed by atoms with Gasteiger partial charge >= 0.3 is 12.1 Å². The maximum Gasteiger partial charge on any atom is 0.404 e. The van der Waals surface area contributed by atoms with Crippen LogP contribution in [0.2, 0.25) is 0 Å². The van der Waals surface area contributed by atoms with E-state index in [0.717, 1.165) is 12.8 Å². The summed E-state index contributed by atoms with van der Waals surface area (Å²) in [6.45, 7) is 5.32. The van der Waals surface area contributed by atoms with Crippen LogP contribution in [0.5, 0.6) is 0 Å². The van der Waals surface area contributed by atoms with Gasteiger partial charge in [-0.15, -0.1) is 0 Å². The molecule has 0 heterocycles. The van der Waals surface area contributed by atoms with Crippen LogP contribution in [0.3, 0.4) is 0 Å². The Balaban J connectivity index is 0.000000255. The highest BCUT2D eigenvalue weighted by Crippen LogP contribution is 2.29. The van der Waals surface area contributed by atoms with Gasteiger partial charge in [-0.2, -0.15) is 0 Å². The Labute approximate surface area is 82.9 Å². The lowest BCUT2D eigenvalue weighted by atomic mass is 10.4. The van der Waals surface area contributed by atoms with E-state index in [9.17, 15) is 9.59 Å². The van der Waals surface area contributed by atoms with E-state index in [0.29, 0.717) is 6.61 Å². The molecule has 1 fully saturated rings. The van der Waals surface area contributed by atoms with Gasteiger partial charge in [-0.1, -0.05) is 6.58 Å². The van der Waals surface area contributed by atoms with Crippen molar-refractivity contribution in [3.63, 3.8) is 0 Å². The molecule has 1 rings (SSSR count). The maximum absolute atomic E-state index is 10.5. The normalized spacial score (nSPS) is 13.2. The molecule has 0 aromatic heterocycles. The SMILES string of the molecule is C=COC(=O)C1CC1.CCOC(N)=O. The Bertz CT molecular complexity index is 211. The van der Waals surface area contributed by atoms with E-state index in [1.807, 2.05) is 0 Å². The second-order valence-electron chi connectivity index (χ2n) is 2.63. The molecule has 0 spiro atoms. The van der Waals surface area contributed by atoms with Crippen LogP contribution in [0.4, 0.5) is 4.79 Å². The molecule has 5 heteroatoms. The Kier molecular flexibility index (Phi) is 6.19. The molecule has 80 valence electrons. The van der Waals surface area contributed by atoms with Crippen LogP contribution >= 0.6 is 0 Å². The Morgan fingerprint density at radius 2 is 2.14 bits per heavy atom. The molecule has 0 bridgehead atoms. The second kappa shape index (κ2) is 6.94. The van der Waals surface area contributed by atoms with Gasteiger partial charge in [0, 0.05) is 0 Å². The molecular formula is C9H15NO4. The number of carbonyl (C=O) groups is 2. The largest absolute Gasteiger partial charge is 0.450 e. The minimum Gasteiger partial charge on any atom is -0.450 e. The highest BCUT2D eigenvalue weighted by atomic mass is 16.5. The molecule has 1 saturated carbocycles. The molecule has 1 aliphatic rings. The summed E-state index contributed by atoms with van der Waals surface area (Å²) in [6, 6.07) is 0. The van der Waals surface area contributed by atoms with E-state index in [2.05, 4.69) is 21.8 Å². The monoisotopic (exact) mass is 201 g/mol. The van der Waals surface area contributed by atoms with Gasteiger partial charge in [-0.3, -0.25) is 4.79 Å². The zero-order valence-electron chi connectivity index (χ0n) is 8.19. The number of carbonyl (C=O) groups excluding carboxylic acids is 2. The van der Waals surface area contributed by atoms with Crippen molar-refractivity contribution in [1.29, 1.82) is 0 Å². The first-order valence-corrected chi connectivity index (χ1v) is 4.35. The van der Waals surface area contributed by atoms with E-state index in [-0.39, 0.29) is 11.9 Å². The van der Waals surface area contributed by atoms with Gasteiger partial charge in [0.15, 0.2) is 0 Å². The summed E-state index contributed by atoms with van der Waals surface area (Å²) in [5.41, 5.74) is 4.54. The fraction of sp³-hybridized carbons (Fsp3) is 0.556. The van der Waals surface area contributed by atoms with Crippen LogP contribution in [0.1, 0.15) is 19.8 Å². The van der Waals surface area contributed by atoms with Crippen LogP contribution in [-0.2, 0) is 14.3 Å². The average Bonchev–Trinajstić information content (AvgIpc) is 2.87. The number of esters is 1. The molecule has 1 amide bonds. The molecule has 0 aromatic carbocycles. The van der Waals surface area contributed by atoms with E-state index < -0.39 is 6.09 Å². The van der Waals surface area contributed by atoms with E-state index in [4.69, 9.17) is 0 Å². The van der Waals surface area contributed by atoms with Crippen molar-refractivity contribution in [3.8, 4) is 0 Å². The molecule has 2 N–H and O–H groups in total. The number of amides is 1. The lowest BCUT2D eigenvalue weighted by Crippen LogP contribution is -2.11. The van der Waals surface area contributed by atoms with Crippen LogP contribution in [-0.4, -0.2) is 18.7 Å². The zero-order valence-corrected chi connectivity index (χ0v) is 8.19. The van der Waals surface area contributed by atoms with Gasteiger partial charge in [0.25, 0.3) is 0 Å². The first-order valence-electron chi connectivity index (χ1n) is 4.35. The maximum atomic E-state index is 10.5. The standard InChI is InChI=1S/C6H8O2.C3H7NO2/c1-2-8-6(7)5-3-4-5;1-2-6-3(4)5/h2,5H,1,3-4H2;2H2,1H3,(H2,4,5). The first kappa shape index (κ1) is 12.5. The average molecular weight is 201 g/mol. The van der Waals surface area contributed by atoms with Gasteiger partial charge in [0.2, 0.25) is 0 Å². The molecule has 0 radical (unpaired) electrons. The summed E-state index contributed by atoms with van der Waals surface area (Å²) in [4.78, 5) is 20.1. The van der Waals surface area contributed by atoms with Crippen molar-refractivity contribution in [3.05, 3.63) is 12.8 Å². The topological polar surface area (TPSA) is 78.6 Å². The summed E-state index contributed by atoms with van der Waals surface area (Å²) in [6.07, 6.45) is 2.46. The van der Waals surface area contributed by atoms with Crippen molar-refractivity contribution >= 4 is 12.1 Å². The fourth-order valence-corrected chi connectivity index (χ4v) is 0.640. The third-order valence-electron chi connectivity index (χ3n) is 1.40. The van der Waals surface area contributed by atoms with Gasteiger partial charge in [0.05, 0.1) is 18.8 Å². The minimum atomic E-state index is -0.711. The second-order valence-corrected chi connectivity index (χ2v) is 2.63. The van der Waals surface area contributed by atoms with Crippen LogP contribution in [0.15, 0.2) is 12.8 Å². The third kappa shape index (κ3) is 7.15. The number of nitrogens with two attached hydrogens (primary N) is 1. The summed E-state index contributed by atoms with van der Waals surface area (Å²) >= 11 is 0. The molecule has 1 aliphatic carbocycles. The molecular weight excluding hydrogens is 186 g/mol. The molecule has 0 unspecified atom stereocenters. The Morgan fingerprint density at radius 1 is 1.57 bits per heavy atom. The molecule has 0 aliphatic heterocycles. The quantitative estimate of drug-likeness (QED) is 0.549. The summed E-state index contributed by atoms with van der Waals surface area (Å²) in [7, 11) is 0. The lowest BCUT2D eigenvalue weighted by Gasteiger charge is -1.90. The van der Waals surface area contributed by atoms with E-state index in [1.165, 1.54) is 6.26 Å². The number of rotatable bonds is 3.